The smallest absolute Gasteiger partial charge is 0.193 e. The number of hydrogen-bond acceptors (Lipinski definition) is 4. The summed E-state index contributed by atoms with van der Waals surface area (Å²) >= 11 is 6.01. The van der Waals surface area contributed by atoms with Crippen LogP contribution in [0.3, 0.4) is 0 Å². The van der Waals surface area contributed by atoms with Gasteiger partial charge in [-0.25, -0.2) is 13.8 Å². The topological polar surface area (TPSA) is 68.4 Å². The van der Waals surface area contributed by atoms with Crippen LogP contribution in [0.4, 0.5) is 8.78 Å². The number of hydrogen-bond donors (Lipinski definition) is 2. The summed E-state index contributed by atoms with van der Waals surface area (Å²) in [6.45, 7) is 13.5. The molecule has 0 spiro atoms. The van der Waals surface area contributed by atoms with Crippen LogP contribution < -0.4 is 5.73 Å². The molecular weight excluding hydrogens is 390 g/mol. The zero-order valence-corrected chi connectivity index (χ0v) is 19.0. The summed E-state index contributed by atoms with van der Waals surface area (Å²) in [5, 5.41) is 10.4. The molecule has 0 amide bonds. The molecule has 4 nitrogen and oxygen atoms in total. The molecule has 1 saturated carbocycles. The molecule has 1 aromatic rings. The van der Waals surface area contributed by atoms with Crippen molar-refractivity contribution in [3.05, 3.63) is 28.3 Å². The summed E-state index contributed by atoms with van der Waals surface area (Å²) in [4.78, 5) is 3.92. The van der Waals surface area contributed by atoms with Crippen LogP contribution in [0.1, 0.15) is 58.7 Å². The van der Waals surface area contributed by atoms with E-state index in [1.807, 2.05) is 0 Å². The summed E-state index contributed by atoms with van der Waals surface area (Å²) in [5.74, 6) is -0.729. The van der Waals surface area contributed by atoms with E-state index in [2.05, 4.69) is 38.8 Å². The number of alkyl halides is 1. The predicted molar refractivity (Wildman–Crippen MR) is 107 cm³/mol. The van der Waals surface area contributed by atoms with Gasteiger partial charge in [-0.1, -0.05) is 32.4 Å². The fourth-order valence-corrected chi connectivity index (χ4v) is 4.92. The van der Waals surface area contributed by atoms with Gasteiger partial charge in [0.05, 0.1) is 11.3 Å². The van der Waals surface area contributed by atoms with Crippen molar-refractivity contribution in [3.8, 4) is 0 Å². The molecule has 1 aromatic heterocycles. The highest BCUT2D eigenvalue weighted by Gasteiger charge is 2.61. The first-order valence-electron chi connectivity index (χ1n) is 9.19. The molecule has 0 aliphatic heterocycles. The largest absolute Gasteiger partial charge is 0.408 e. The molecule has 0 aromatic carbocycles. The maximum absolute atomic E-state index is 14.9. The number of pyridine rings is 1. The van der Waals surface area contributed by atoms with Crippen LogP contribution in [0.5, 0.6) is 0 Å². The normalized spacial score (nSPS) is 19.7. The predicted octanol–water partition coefficient (Wildman–Crippen LogP) is 4.78. The molecule has 1 aliphatic carbocycles. The van der Waals surface area contributed by atoms with Crippen LogP contribution >= 0.6 is 11.6 Å². The third-order valence-corrected chi connectivity index (χ3v) is 10.9. The standard InChI is InChI=1S/C19H31ClF2N2O2Si/c1-16(2,3)27(6,7)26-17(4,5)12-10-13(24-15(20)14(12)21)19(25,11-23)18(22)8-9-18/h10,25H,8-9,11,23H2,1-7H3. The van der Waals surface area contributed by atoms with Crippen molar-refractivity contribution in [2.75, 3.05) is 6.54 Å². The van der Waals surface area contributed by atoms with Crippen molar-refractivity contribution >= 4 is 19.9 Å². The zero-order chi connectivity index (χ0) is 21.1. The first kappa shape index (κ1) is 22.7. The Labute approximate surface area is 166 Å². The van der Waals surface area contributed by atoms with Gasteiger partial charge < -0.3 is 15.3 Å². The van der Waals surface area contributed by atoms with E-state index >= 15 is 0 Å². The van der Waals surface area contributed by atoms with Gasteiger partial charge in [0.25, 0.3) is 0 Å². The molecule has 1 unspecified atom stereocenters. The highest BCUT2D eigenvalue weighted by Crippen LogP contribution is 2.53. The highest BCUT2D eigenvalue weighted by molar-refractivity contribution is 6.74. The van der Waals surface area contributed by atoms with E-state index in [-0.39, 0.29) is 35.7 Å². The van der Waals surface area contributed by atoms with Gasteiger partial charge in [-0.05, 0) is 50.9 Å². The van der Waals surface area contributed by atoms with Crippen molar-refractivity contribution in [1.82, 2.24) is 4.98 Å². The maximum Gasteiger partial charge on any atom is 0.193 e. The minimum Gasteiger partial charge on any atom is -0.408 e. The first-order valence-corrected chi connectivity index (χ1v) is 12.5. The van der Waals surface area contributed by atoms with Crippen molar-refractivity contribution < 1.29 is 18.3 Å². The third-order valence-electron chi connectivity index (χ3n) is 6.03. The molecule has 0 radical (unpaired) electrons. The minimum atomic E-state index is -2.25. The van der Waals surface area contributed by atoms with Gasteiger partial charge in [-0.3, -0.25) is 0 Å². The van der Waals surface area contributed by atoms with Crippen LogP contribution in [0.2, 0.25) is 23.3 Å². The number of aliphatic hydroxyl groups is 1. The van der Waals surface area contributed by atoms with E-state index in [4.69, 9.17) is 21.8 Å². The average molecular weight is 421 g/mol. The van der Waals surface area contributed by atoms with Gasteiger partial charge in [-0.2, -0.15) is 0 Å². The van der Waals surface area contributed by atoms with Gasteiger partial charge >= 0.3 is 0 Å². The van der Waals surface area contributed by atoms with Crippen molar-refractivity contribution in [2.45, 2.75) is 82.5 Å². The Morgan fingerprint density at radius 1 is 1.30 bits per heavy atom. The van der Waals surface area contributed by atoms with Crippen LogP contribution in [-0.2, 0) is 15.6 Å². The maximum atomic E-state index is 14.9. The van der Waals surface area contributed by atoms with Gasteiger partial charge in [0.2, 0.25) is 0 Å². The van der Waals surface area contributed by atoms with Crippen molar-refractivity contribution in [2.24, 2.45) is 5.73 Å². The van der Waals surface area contributed by atoms with Crippen LogP contribution in [-0.4, -0.2) is 30.6 Å². The molecule has 1 fully saturated rings. The molecule has 2 rings (SSSR count). The molecule has 3 N–H and O–H groups in total. The lowest BCUT2D eigenvalue weighted by atomic mass is 9.88. The van der Waals surface area contributed by atoms with Crippen molar-refractivity contribution in [3.63, 3.8) is 0 Å². The van der Waals surface area contributed by atoms with Crippen molar-refractivity contribution in [1.29, 1.82) is 0 Å². The Hall–Kier alpha value is -0.603. The molecule has 1 aliphatic rings. The van der Waals surface area contributed by atoms with Gasteiger partial charge in [0.15, 0.2) is 24.9 Å². The lowest BCUT2D eigenvalue weighted by Gasteiger charge is -2.43. The van der Waals surface area contributed by atoms with Gasteiger partial charge in [0, 0.05) is 12.1 Å². The summed E-state index contributed by atoms with van der Waals surface area (Å²) < 4.78 is 36.1. The fraction of sp³-hybridized carbons (Fsp3) is 0.737. The molecule has 27 heavy (non-hydrogen) atoms. The minimum absolute atomic E-state index is 0.0571. The van der Waals surface area contributed by atoms with E-state index in [1.165, 1.54) is 6.07 Å². The summed E-state index contributed by atoms with van der Waals surface area (Å²) in [5.41, 5.74) is 0.844. The average Bonchev–Trinajstić information content (AvgIpc) is 3.26. The van der Waals surface area contributed by atoms with E-state index in [1.54, 1.807) is 13.8 Å². The Bertz CT molecular complexity index is 733. The van der Waals surface area contributed by atoms with E-state index in [0.717, 1.165) is 0 Å². The Balaban J connectivity index is 2.56. The molecule has 1 atom stereocenters. The first-order chi connectivity index (χ1) is 12.0. The zero-order valence-electron chi connectivity index (χ0n) is 17.2. The number of aromatic nitrogens is 1. The molecular formula is C19H31ClF2N2O2Si. The van der Waals surface area contributed by atoms with E-state index in [0.29, 0.717) is 0 Å². The second kappa shape index (κ2) is 6.73. The molecule has 1 heterocycles. The van der Waals surface area contributed by atoms with E-state index in [9.17, 15) is 13.9 Å². The second-order valence-electron chi connectivity index (χ2n) is 9.56. The van der Waals surface area contributed by atoms with E-state index < -0.39 is 36.2 Å². The SMILES string of the molecule is CC(C)(O[Si](C)(C)C(C)(C)C)c1cc(C(O)(CN)C2(F)CC2)nc(Cl)c1F. The number of rotatable bonds is 6. The van der Waals surface area contributed by atoms with Crippen LogP contribution in [0.25, 0.3) is 0 Å². The summed E-state index contributed by atoms with van der Waals surface area (Å²) in [7, 11) is -2.25. The van der Waals surface area contributed by atoms with Crippen LogP contribution in [0, 0.1) is 5.82 Å². The summed E-state index contributed by atoms with van der Waals surface area (Å²) in [6, 6.07) is 1.35. The monoisotopic (exact) mass is 420 g/mol. The third kappa shape index (κ3) is 3.94. The molecule has 0 saturated heterocycles. The molecule has 0 bridgehead atoms. The Morgan fingerprint density at radius 3 is 2.22 bits per heavy atom. The second-order valence-corrected chi connectivity index (χ2v) is 14.6. The highest BCUT2D eigenvalue weighted by atomic mass is 35.5. The van der Waals surface area contributed by atoms with Gasteiger partial charge in [-0.15, -0.1) is 0 Å². The number of halogens is 3. The quantitative estimate of drug-likeness (QED) is 0.513. The lowest BCUT2D eigenvalue weighted by Crippen LogP contribution is -2.48. The van der Waals surface area contributed by atoms with Gasteiger partial charge in [0.1, 0.15) is 5.67 Å². The van der Waals surface area contributed by atoms with Crippen LogP contribution in [0.15, 0.2) is 6.07 Å². The summed E-state index contributed by atoms with van der Waals surface area (Å²) in [6.07, 6.45) is 0.354. The molecule has 154 valence electrons. The number of nitrogens with zero attached hydrogens (tertiary/aromatic N) is 1. The number of nitrogens with two attached hydrogens (primary N) is 1. The fourth-order valence-electron chi connectivity index (χ4n) is 3.03. The Morgan fingerprint density at radius 2 is 1.81 bits per heavy atom. The Kier molecular flexibility index (Phi) is 5.65. The lowest BCUT2D eigenvalue weighted by molar-refractivity contribution is -0.0521. The molecule has 8 heteroatoms.